The second-order valence-corrected chi connectivity index (χ2v) is 8.43. The van der Waals surface area contributed by atoms with Crippen molar-refractivity contribution in [3.05, 3.63) is 36.0 Å². The first kappa shape index (κ1) is 20.1. The number of hydrogen-bond acceptors (Lipinski definition) is 3. The third-order valence-electron chi connectivity index (χ3n) is 4.84. The van der Waals surface area contributed by atoms with Crippen molar-refractivity contribution in [1.82, 2.24) is 4.57 Å². The first-order chi connectivity index (χ1) is 13.0. The summed E-state index contributed by atoms with van der Waals surface area (Å²) in [5.74, 6) is 0. The Hall–Kier alpha value is -1.65. The largest absolute Gasteiger partial charge is 0.353 e. The molecule has 1 aliphatic rings. The molecule has 148 valence electrons. The molecule has 0 aliphatic carbocycles. The molecule has 1 fully saturated rings. The van der Waals surface area contributed by atoms with Gasteiger partial charge in [-0.25, -0.2) is 0 Å². The van der Waals surface area contributed by atoms with Crippen LogP contribution in [0.3, 0.4) is 0 Å². The molecule has 0 amide bonds. The fourth-order valence-electron chi connectivity index (χ4n) is 3.61. The minimum Gasteiger partial charge on any atom is -0.353 e. The SMILES string of the molecule is CCCC(=NC(C)(C)C)c1ccc2c(ccn2CCOC2CCCCO2)c1. The van der Waals surface area contributed by atoms with E-state index in [4.69, 9.17) is 14.5 Å². The highest BCUT2D eigenvalue weighted by atomic mass is 16.7. The Morgan fingerprint density at radius 2 is 2.11 bits per heavy atom. The Morgan fingerprint density at radius 1 is 1.26 bits per heavy atom. The smallest absolute Gasteiger partial charge is 0.157 e. The number of rotatable bonds is 7. The van der Waals surface area contributed by atoms with Crippen molar-refractivity contribution in [2.45, 2.75) is 78.2 Å². The van der Waals surface area contributed by atoms with Gasteiger partial charge in [0.2, 0.25) is 0 Å². The van der Waals surface area contributed by atoms with Crippen molar-refractivity contribution < 1.29 is 9.47 Å². The Kier molecular flexibility index (Phi) is 6.72. The molecule has 0 saturated carbocycles. The lowest BCUT2D eigenvalue weighted by Gasteiger charge is -2.22. The van der Waals surface area contributed by atoms with Crippen LogP contribution >= 0.6 is 0 Å². The van der Waals surface area contributed by atoms with E-state index in [1.54, 1.807) is 0 Å². The van der Waals surface area contributed by atoms with Crippen molar-refractivity contribution in [2.75, 3.05) is 13.2 Å². The first-order valence-electron chi connectivity index (χ1n) is 10.4. The zero-order valence-corrected chi connectivity index (χ0v) is 17.3. The maximum Gasteiger partial charge on any atom is 0.157 e. The van der Waals surface area contributed by atoms with Crippen molar-refractivity contribution >= 4 is 16.6 Å². The van der Waals surface area contributed by atoms with Crippen LogP contribution in [0.15, 0.2) is 35.5 Å². The quantitative estimate of drug-likeness (QED) is 0.597. The summed E-state index contributed by atoms with van der Waals surface area (Å²) in [5, 5.41) is 1.26. The minimum absolute atomic E-state index is 0.0163. The minimum atomic E-state index is -0.0517. The molecular weight excluding hydrogens is 336 g/mol. The molecule has 1 aliphatic heterocycles. The van der Waals surface area contributed by atoms with E-state index >= 15 is 0 Å². The maximum atomic E-state index is 5.89. The summed E-state index contributed by atoms with van der Waals surface area (Å²) < 4.78 is 13.8. The molecule has 1 unspecified atom stereocenters. The van der Waals surface area contributed by atoms with Crippen LogP contribution in [-0.4, -0.2) is 35.3 Å². The molecule has 1 aromatic carbocycles. The van der Waals surface area contributed by atoms with Gasteiger partial charge in [0.05, 0.1) is 12.1 Å². The van der Waals surface area contributed by atoms with Crippen LogP contribution < -0.4 is 0 Å². The molecular formula is C23H34N2O2. The summed E-state index contributed by atoms with van der Waals surface area (Å²) in [4.78, 5) is 4.96. The highest BCUT2D eigenvalue weighted by Gasteiger charge is 2.15. The standard InChI is InChI=1S/C23H34N2O2/c1-5-8-20(24-23(2,3)4)18-10-11-21-19(17-18)12-13-25(21)14-16-27-22-9-6-7-15-26-22/h10-13,17,22H,5-9,14-16H2,1-4H3. The molecule has 4 heteroatoms. The van der Waals surface area contributed by atoms with Crippen LogP contribution in [0, 0.1) is 0 Å². The molecule has 1 aromatic heterocycles. The summed E-state index contributed by atoms with van der Waals surface area (Å²) >= 11 is 0. The number of aliphatic imine (C=N–C) groups is 1. The lowest BCUT2D eigenvalue weighted by atomic mass is 10.0. The Bertz CT molecular complexity index is 764. The zero-order chi connectivity index (χ0) is 19.3. The van der Waals surface area contributed by atoms with Gasteiger partial charge in [-0.3, -0.25) is 4.99 Å². The van der Waals surface area contributed by atoms with Gasteiger partial charge in [-0.1, -0.05) is 19.4 Å². The predicted molar refractivity (Wildman–Crippen MR) is 113 cm³/mol. The van der Waals surface area contributed by atoms with E-state index in [0.29, 0.717) is 6.61 Å². The highest BCUT2D eigenvalue weighted by Crippen LogP contribution is 2.21. The second-order valence-electron chi connectivity index (χ2n) is 8.43. The molecule has 1 atom stereocenters. The van der Waals surface area contributed by atoms with E-state index in [2.05, 4.69) is 62.7 Å². The zero-order valence-electron chi connectivity index (χ0n) is 17.3. The van der Waals surface area contributed by atoms with Crippen LogP contribution in [0.2, 0.25) is 0 Å². The van der Waals surface area contributed by atoms with Crippen molar-refractivity contribution in [1.29, 1.82) is 0 Å². The van der Waals surface area contributed by atoms with Gasteiger partial charge in [0.25, 0.3) is 0 Å². The maximum absolute atomic E-state index is 5.89. The fourth-order valence-corrected chi connectivity index (χ4v) is 3.61. The van der Waals surface area contributed by atoms with Gasteiger partial charge in [0, 0.05) is 36.0 Å². The van der Waals surface area contributed by atoms with Gasteiger partial charge in [-0.15, -0.1) is 0 Å². The van der Waals surface area contributed by atoms with Gasteiger partial charge >= 0.3 is 0 Å². The lowest BCUT2D eigenvalue weighted by Crippen LogP contribution is -2.23. The molecule has 0 bridgehead atoms. The molecule has 0 radical (unpaired) electrons. The number of hydrogen-bond donors (Lipinski definition) is 0. The summed E-state index contributed by atoms with van der Waals surface area (Å²) in [7, 11) is 0. The number of aromatic nitrogens is 1. The molecule has 0 N–H and O–H groups in total. The molecule has 2 heterocycles. The first-order valence-corrected chi connectivity index (χ1v) is 10.4. The van der Waals surface area contributed by atoms with Gasteiger partial charge in [0.1, 0.15) is 0 Å². The monoisotopic (exact) mass is 370 g/mol. The summed E-state index contributed by atoms with van der Waals surface area (Å²) in [5.41, 5.74) is 3.64. The van der Waals surface area contributed by atoms with Crippen LogP contribution in [0.1, 0.15) is 65.4 Å². The lowest BCUT2D eigenvalue weighted by molar-refractivity contribution is -0.163. The average molecular weight is 371 g/mol. The van der Waals surface area contributed by atoms with E-state index in [1.807, 2.05) is 0 Å². The Labute approximate surface area is 163 Å². The number of fused-ring (bicyclic) bond motifs is 1. The number of nitrogens with zero attached hydrogens (tertiary/aromatic N) is 2. The summed E-state index contributed by atoms with van der Waals surface area (Å²) in [6.45, 7) is 11.1. The highest BCUT2D eigenvalue weighted by molar-refractivity contribution is 6.03. The van der Waals surface area contributed by atoms with E-state index in [-0.39, 0.29) is 11.8 Å². The molecule has 27 heavy (non-hydrogen) atoms. The Morgan fingerprint density at radius 3 is 2.81 bits per heavy atom. The number of benzene rings is 1. The van der Waals surface area contributed by atoms with Crippen LogP contribution in [-0.2, 0) is 16.0 Å². The van der Waals surface area contributed by atoms with Gasteiger partial charge in [-0.05, 0) is 70.2 Å². The van der Waals surface area contributed by atoms with Crippen molar-refractivity contribution in [2.24, 2.45) is 4.99 Å². The molecule has 4 nitrogen and oxygen atoms in total. The molecule has 2 aromatic rings. The van der Waals surface area contributed by atoms with E-state index < -0.39 is 0 Å². The number of ether oxygens (including phenoxy) is 2. The van der Waals surface area contributed by atoms with Gasteiger partial charge in [-0.2, -0.15) is 0 Å². The van der Waals surface area contributed by atoms with Gasteiger partial charge < -0.3 is 14.0 Å². The summed E-state index contributed by atoms with van der Waals surface area (Å²) in [6.07, 6.45) is 7.63. The second kappa shape index (κ2) is 9.03. The fraction of sp³-hybridized carbons (Fsp3) is 0.609. The molecule has 3 rings (SSSR count). The molecule has 1 saturated heterocycles. The van der Waals surface area contributed by atoms with Crippen LogP contribution in [0.25, 0.3) is 10.9 Å². The van der Waals surface area contributed by atoms with E-state index in [0.717, 1.165) is 38.8 Å². The normalized spacial score (nSPS) is 19.0. The third-order valence-corrected chi connectivity index (χ3v) is 4.84. The molecule has 0 spiro atoms. The summed E-state index contributed by atoms with van der Waals surface area (Å²) in [6, 6.07) is 8.90. The van der Waals surface area contributed by atoms with Crippen molar-refractivity contribution in [3.63, 3.8) is 0 Å². The average Bonchev–Trinajstić information content (AvgIpc) is 3.03. The topological polar surface area (TPSA) is 35.8 Å². The predicted octanol–water partition coefficient (Wildman–Crippen LogP) is 5.57. The van der Waals surface area contributed by atoms with Crippen molar-refractivity contribution in [3.8, 4) is 0 Å². The van der Waals surface area contributed by atoms with Crippen LogP contribution in [0.5, 0.6) is 0 Å². The van der Waals surface area contributed by atoms with Gasteiger partial charge in [0.15, 0.2) is 6.29 Å². The van der Waals surface area contributed by atoms with E-state index in [1.165, 1.54) is 28.6 Å². The van der Waals surface area contributed by atoms with Crippen LogP contribution in [0.4, 0.5) is 0 Å². The Balaban J connectivity index is 1.70. The third kappa shape index (κ3) is 5.66. The van der Waals surface area contributed by atoms with E-state index in [9.17, 15) is 0 Å².